The lowest BCUT2D eigenvalue weighted by molar-refractivity contribution is -0.120. The van der Waals surface area contributed by atoms with E-state index in [2.05, 4.69) is 24.1 Å². The summed E-state index contributed by atoms with van der Waals surface area (Å²) in [6.45, 7) is 5.31. The minimum Gasteiger partial charge on any atom is -0.447 e. The van der Waals surface area contributed by atoms with Crippen molar-refractivity contribution in [3.63, 3.8) is 0 Å². The molecule has 0 radical (unpaired) electrons. The molecule has 2 saturated heterocycles. The van der Waals surface area contributed by atoms with Crippen LogP contribution in [0.25, 0.3) is 0 Å². The lowest BCUT2D eigenvalue weighted by atomic mass is 10.0. The Morgan fingerprint density at radius 3 is 2.64 bits per heavy atom. The van der Waals surface area contributed by atoms with E-state index in [1.807, 2.05) is 0 Å². The van der Waals surface area contributed by atoms with E-state index in [-0.39, 0.29) is 24.3 Å². The van der Waals surface area contributed by atoms with Crippen LogP contribution >= 0.6 is 23.4 Å². The molecule has 1 N–H and O–H groups in total. The fraction of sp³-hybridized carbons (Fsp3) is 0.765. The number of carbonyl (C=O) groups is 2. The molecule has 3 aliphatic rings. The summed E-state index contributed by atoms with van der Waals surface area (Å²) >= 11 is 7.13. The first-order valence-corrected chi connectivity index (χ1v) is 12.2. The number of nitrogens with one attached hydrogen (secondary N) is 1. The predicted octanol–water partition coefficient (Wildman–Crippen LogP) is 1.71. The number of nitrogens with zero attached hydrogens (tertiary/aromatic N) is 2. The summed E-state index contributed by atoms with van der Waals surface area (Å²) in [4.78, 5) is 26.8. The third kappa shape index (κ3) is 4.60. The molecule has 3 aliphatic heterocycles. The second-order valence-corrected chi connectivity index (χ2v) is 11.5. The molecular formula is C17H26ClN3O5S2. The van der Waals surface area contributed by atoms with Crippen molar-refractivity contribution in [2.45, 2.75) is 55.7 Å². The molecule has 3 rings (SSSR count). The Morgan fingerprint density at radius 2 is 2.07 bits per heavy atom. The average molecular weight is 452 g/mol. The number of hydrogen-bond acceptors (Lipinski definition) is 7. The summed E-state index contributed by atoms with van der Waals surface area (Å²) in [7, 11) is -3.90. The molecule has 2 atom stereocenters. The van der Waals surface area contributed by atoms with Gasteiger partial charge in [0.25, 0.3) is 0 Å². The number of likely N-dealkylation sites (tertiary alicyclic amines) is 1. The Morgan fingerprint density at radius 1 is 1.39 bits per heavy atom. The largest absolute Gasteiger partial charge is 0.447 e. The van der Waals surface area contributed by atoms with Gasteiger partial charge >= 0.3 is 6.09 Å². The highest BCUT2D eigenvalue weighted by Gasteiger charge is 2.46. The summed E-state index contributed by atoms with van der Waals surface area (Å²) in [5, 5.41) is 1.34. The van der Waals surface area contributed by atoms with Gasteiger partial charge < -0.3 is 15.0 Å². The Balaban J connectivity index is 1.61. The quantitative estimate of drug-likeness (QED) is 0.679. The highest BCUT2D eigenvalue weighted by molar-refractivity contribution is 8.06. The van der Waals surface area contributed by atoms with E-state index in [1.165, 1.54) is 11.8 Å². The minimum absolute atomic E-state index is 0.0928. The summed E-state index contributed by atoms with van der Waals surface area (Å²) < 4.78 is 32.7. The van der Waals surface area contributed by atoms with Crippen LogP contribution in [-0.4, -0.2) is 78.4 Å². The average Bonchev–Trinajstić information content (AvgIpc) is 3.07. The molecule has 0 aliphatic carbocycles. The molecule has 0 saturated carbocycles. The van der Waals surface area contributed by atoms with Crippen molar-refractivity contribution in [3.8, 4) is 0 Å². The van der Waals surface area contributed by atoms with E-state index >= 15 is 0 Å². The minimum atomic E-state index is -3.90. The van der Waals surface area contributed by atoms with E-state index in [0.29, 0.717) is 29.7 Å². The molecule has 0 aromatic carbocycles. The Bertz CT molecular complexity index is 750. The van der Waals surface area contributed by atoms with Gasteiger partial charge in [0.2, 0.25) is 15.9 Å². The summed E-state index contributed by atoms with van der Waals surface area (Å²) in [5.74, 6) is -0.263. The first kappa shape index (κ1) is 21.7. The second kappa shape index (κ2) is 8.81. The third-order valence-electron chi connectivity index (χ3n) is 5.37. The van der Waals surface area contributed by atoms with E-state index in [1.54, 1.807) is 6.08 Å². The number of ether oxygens (including phenoxy) is 1. The summed E-state index contributed by atoms with van der Waals surface area (Å²) in [6.07, 6.45) is 2.62. The van der Waals surface area contributed by atoms with E-state index < -0.39 is 27.4 Å². The molecule has 2 amide bonds. The zero-order valence-corrected chi connectivity index (χ0v) is 18.4. The zero-order chi connectivity index (χ0) is 20.5. The molecule has 11 heteroatoms. The normalized spacial score (nSPS) is 28.9. The van der Waals surface area contributed by atoms with Gasteiger partial charge in [-0.25, -0.2) is 17.5 Å². The first-order valence-electron chi connectivity index (χ1n) is 9.44. The molecule has 0 aromatic rings. The van der Waals surface area contributed by atoms with Gasteiger partial charge in [-0.2, -0.15) is 0 Å². The maximum Gasteiger partial charge on any atom is 0.423 e. The van der Waals surface area contributed by atoms with Gasteiger partial charge in [-0.05, 0) is 33.1 Å². The molecular weight excluding hydrogens is 426 g/mol. The third-order valence-corrected chi connectivity index (χ3v) is 9.02. The van der Waals surface area contributed by atoms with Crippen molar-refractivity contribution >= 4 is 45.4 Å². The van der Waals surface area contributed by atoms with Crippen molar-refractivity contribution in [2.24, 2.45) is 0 Å². The van der Waals surface area contributed by atoms with Gasteiger partial charge in [-0.1, -0.05) is 17.7 Å². The molecule has 8 nitrogen and oxygen atoms in total. The number of carbonyl (C=O) groups excluding carboxylic acids is 2. The Hall–Kier alpha value is -0.970. The van der Waals surface area contributed by atoms with Crippen LogP contribution in [0.3, 0.4) is 0 Å². The standard InChI is InChI=1S/C17H26ClN3O5S2/c1-11(2)20-7-5-12(6-8-20)21-17(23)26-10-13(28(21,24)25)9-19-16(22)14-3-4-15(18)27-14/h4,11-14H,3,5-10H2,1-2H3,(H,19,22). The van der Waals surface area contributed by atoms with E-state index in [4.69, 9.17) is 16.3 Å². The molecule has 28 heavy (non-hydrogen) atoms. The van der Waals surface area contributed by atoms with E-state index in [9.17, 15) is 18.0 Å². The van der Waals surface area contributed by atoms with Crippen LogP contribution in [0.4, 0.5) is 4.79 Å². The summed E-state index contributed by atoms with van der Waals surface area (Å²) in [6, 6.07) is -0.0235. The van der Waals surface area contributed by atoms with Crippen LogP contribution in [0.5, 0.6) is 0 Å². The van der Waals surface area contributed by atoms with Gasteiger partial charge in [-0.3, -0.25) is 4.79 Å². The van der Waals surface area contributed by atoms with Crippen LogP contribution in [0.15, 0.2) is 10.4 Å². The molecule has 2 fully saturated rings. The van der Waals surface area contributed by atoms with Crippen molar-refractivity contribution < 1.29 is 22.7 Å². The van der Waals surface area contributed by atoms with Crippen LogP contribution in [-0.2, 0) is 19.6 Å². The van der Waals surface area contributed by atoms with Gasteiger partial charge in [-0.15, -0.1) is 11.8 Å². The molecule has 0 aromatic heterocycles. The van der Waals surface area contributed by atoms with Crippen molar-refractivity contribution in [1.29, 1.82) is 0 Å². The lowest BCUT2D eigenvalue weighted by Crippen LogP contribution is -2.59. The molecule has 0 bridgehead atoms. The number of thioether (sulfide) groups is 1. The topological polar surface area (TPSA) is 96.0 Å². The molecule has 0 spiro atoms. The fourth-order valence-electron chi connectivity index (χ4n) is 3.66. The number of rotatable bonds is 5. The number of cyclic esters (lactones) is 1. The summed E-state index contributed by atoms with van der Waals surface area (Å²) in [5.41, 5.74) is 0. The maximum atomic E-state index is 13.0. The highest BCUT2D eigenvalue weighted by atomic mass is 35.5. The molecule has 158 valence electrons. The van der Waals surface area contributed by atoms with Crippen molar-refractivity contribution in [2.75, 3.05) is 26.2 Å². The van der Waals surface area contributed by atoms with Crippen LogP contribution in [0.1, 0.15) is 33.1 Å². The second-order valence-electron chi connectivity index (χ2n) is 7.50. The van der Waals surface area contributed by atoms with Crippen molar-refractivity contribution in [1.82, 2.24) is 14.5 Å². The Kier molecular flexibility index (Phi) is 6.84. The number of halogens is 1. The maximum absolute atomic E-state index is 13.0. The van der Waals surface area contributed by atoms with Gasteiger partial charge in [0.1, 0.15) is 11.9 Å². The monoisotopic (exact) mass is 451 g/mol. The SMILES string of the molecule is CC(C)N1CCC(N2C(=O)OCC(CNC(=O)C3CC=C(Cl)S3)S2(=O)=O)CC1. The number of amides is 2. The van der Waals surface area contributed by atoms with Gasteiger partial charge in [0.15, 0.2) is 0 Å². The Labute approximate surface area is 175 Å². The van der Waals surface area contributed by atoms with Crippen LogP contribution in [0, 0.1) is 0 Å². The van der Waals surface area contributed by atoms with Crippen LogP contribution < -0.4 is 5.32 Å². The smallest absolute Gasteiger partial charge is 0.423 e. The van der Waals surface area contributed by atoms with E-state index in [0.717, 1.165) is 17.4 Å². The number of piperidine rings is 1. The molecule has 3 heterocycles. The van der Waals surface area contributed by atoms with Crippen molar-refractivity contribution in [3.05, 3.63) is 10.4 Å². The molecule has 2 unspecified atom stereocenters. The zero-order valence-electron chi connectivity index (χ0n) is 16.0. The fourth-order valence-corrected chi connectivity index (χ4v) is 6.66. The van der Waals surface area contributed by atoms with Crippen LogP contribution in [0.2, 0.25) is 0 Å². The number of allylic oxidation sites excluding steroid dienone is 1. The van der Waals surface area contributed by atoms with Gasteiger partial charge in [0, 0.05) is 25.7 Å². The highest BCUT2D eigenvalue weighted by Crippen LogP contribution is 2.35. The predicted molar refractivity (Wildman–Crippen MR) is 109 cm³/mol. The number of sulfonamides is 1. The van der Waals surface area contributed by atoms with Gasteiger partial charge in [0.05, 0.1) is 15.7 Å². The first-order chi connectivity index (χ1) is 13.2. The number of hydrogen-bond donors (Lipinski definition) is 1. The lowest BCUT2D eigenvalue weighted by Gasteiger charge is -2.41.